The van der Waals surface area contributed by atoms with Gasteiger partial charge in [-0.15, -0.1) is 11.3 Å². The fraction of sp³-hybridized carbons (Fsp3) is 0.0500. The molecule has 0 saturated carbocycles. The number of hydrogen-bond donors (Lipinski definition) is 0. The molecule has 0 aliphatic heterocycles. The van der Waals surface area contributed by atoms with Gasteiger partial charge in [-0.3, -0.25) is 4.98 Å². The number of pyridine rings is 2. The second-order valence-electron chi connectivity index (χ2n) is 10.5. The lowest BCUT2D eigenvalue weighted by atomic mass is 10.1. The van der Waals surface area contributed by atoms with Crippen molar-refractivity contribution in [2.24, 2.45) is 0 Å². The van der Waals surface area contributed by atoms with E-state index < -0.39 is 0 Å². The summed E-state index contributed by atoms with van der Waals surface area (Å²) >= 11 is 1.78. The number of ether oxygens (including phenoxy) is 1. The third-order valence-electron chi connectivity index (χ3n) is 7.52. The number of rotatable bonds is 9. The summed E-state index contributed by atoms with van der Waals surface area (Å²) in [5.41, 5.74) is 9.22. The smallest absolute Gasteiger partial charge is 0.119 e. The number of hydrogen-bond acceptors (Lipinski definition) is 5. The number of benzene rings is 4. The molecule has 0 saturated heterocycles. The standard InChI is InChI=1S/C40H31N3OS/c1-2-44-35-17-11-12-30(26-35)37-27-31(28-38(42-37)36-18-9-10-25-41-36)40-24-23-39(45-40)29-19-21-34(22-20-29)43(32-13-5-3-6-14-32)33-15-7-4-8-16-33/h3-28H,2H2,1H3. The Balaban J connectivity index is 1.24. The van der Waals surface area contributed by atoms with E-state index in [1.54, 1.807) is 11.3 Å². The predicted molar refractivity (Wildman–Crippen MR) is 188 cm³/mol. The minimum absolute atomic E-state index is 0.617. The van der Waals surface area contributed by atoms with Crippen molar-refractivity contribution >= 4 is 28.4 Å². The lowest BCUT2D eigenvalue weighted by molar-refractivity contribution is 0.340. The number of thiophene rings is 1. The minimum atomic E-state index is 0.617. The van der Waals surface area contributed by atoms with Gasteiger partial charge < -0.3 is 9.64 Å². The molecule has 7 rings (SSSR count). The zero-order valence-corrected chi connectivity index (χ0v) is 25.7. The van der Waals surface area contributed by atoms with E-state index in [0.717, 1.165) is 51.0 Å². The van der Waals surface area contributed by atoms with E-state index in [2.05, 4.69) is 113 Å². The second kappa shape index (κ2) is 13.0. The third-order valence-corrected chi connectivity index (χ3v) is 8.71. The van der Waals surface area contributed by atoms with Crippen LogP contribution in [-0.4, -0.2) is 16.6 Å². The molecule has 0 amide bonds. The number of aromatic nitrogens is 2. The summed E-state index contributed by atoms with van der Waals surface area (Å²) in [6.45, 7) is 2.61. The normalized spacial score (nSPS) is 10.9. The van der Waals surface area contributed by atoms with Crippen molar-refractivity contribution in [3.8, 4) is 49.3 Å². The Bertz CT molecular complexity index is 1970. The molecule has 7 aromatic rings. The van der Waals surface area contributed by atoms with Crippen LogP contribution in [0.15, 0.2) is 158 Å². The molecular weight excluding hydrogens is 571 g/mol. The number of para-hydroxylation sites is 2. The summed E-state index contributed by atoms with van der Waals surface area (Å²) in [6, 6.07) is 52.5. The van der Waals surface area contributed by atoms with E-state index >= 15 is 0 Å². The van der Waals surface area contributed by atoms with E-state index in [1.807, 2.05) is 61.7 Å². The highest BCUT2D eigenvalue weighted by atomic mass is 32.1. The van der Waals surface area contributed by atoms with Crippen LogP contribution in [0.25, 0.3) is 43.5 Å². The molecule has 5 heteroatoms. The summed E-state index contributed by atoms with van der Waals surface area (Å²) in [4.78, 5) is 14.3. The van der Waals surface area contributed by atoms with E-state index in [1.165, 1.54) is 15.3 Å². The van der Waals surface area contributed by atoms with Gasteiger partial charge in [0.05, 0.1) is 23.7 Å². The van der Waals surface area contributed by atoms with Crippen molar-refractivity contribution in [2.75, 3.05) is 11.5 Å². The van der Waals surface area contributed by atoms with Gasteiger partial charge in [0, 0.05) is 38.6 Å². The Morgan fingerprint density at radius 2 is 1.18 bits per heavy atom. The predicted octanol–water partition coefficient (Wildman–Crippen LogP) is 11.1. The van der Waals surface area contributed by atoms with Crippen LogP contribution in [0.2, 0.25) is 0 Å². The molecule has 0 spiro atoms. The van der Waals surface area contributed by atoms with E-state index in [4.69, 9.17) is 9.72 Å². The summed E-state index contributed by atoms with van der Waals surface area (Å²) < 4.78 is 5.78. The lowest BCUT2D eigenvalue weighted by Crippen LogP contribution is -2.09. The van der Waals surface area contributed by atoms with Crippen LogP contribution < -0.4 is 9.64 Å². The van der Waals surface area contributed by atoms with Crippen molar-refractivity contribution in [1.29, 1.82) is 0 Å². The molecular formula is C40H31N3OS. The molecule has 0 aliphatic rings. The summed E-state index contributed by atoms with van der Waals surface area (Å²) in [5.74, 6) is 0.835. The Morgan fingerprint density at radius 3 is 1.84 bits per heavy atom. The van der Waals surface area contributed by atoms with Crippen molar-refractivity contribution in [3.63, 3.8) is 0 Å². The highest BCUT2D eigenvalue weighted by Crippen LogP contribution is 2.39. The van der Waals surface area contributed by atoms with E-state index in [9.17, 15) is 0 Å². The van der Waals surface area contributed by atoms with Crippen LogP contribution in [0, 0.1) is 0 Å². The first-order chi connectivity index (χ1) is 22.2. The highest BCUT2D eigenvalue weighted by Gasteiger charge is 2.15. The van der Waals surface area contributed by atoms with Crippen LogP contribution in [0.3, 0.4) is 0 Å². The van der Waals surface area contributed by atoms with Gasteiger partial charge in [-0.25, -0.2) is 4.98 Å². The van der Waals surface area contributed by atoms with Crippen molar-refractivity contribution in [2.45, 2.75) is 6.92 Å². The van der Waals surface area contributed by atoms with Gasteiger partial charge in [0.2, 0.25) is 0 Å². The molecule has 45 heavy (non-hydrogen) atoms. The van der Waals surface area contributed by atoms with Crippen LogP contribution in [-0.2, 0) is 0 Å². The Kier molecular flexibility index (Phi) is 8.17. The third kappa shape index (κ3) is 6.26. The average molecular weight is 602 g/mol. The van der Waals surface area contributed by atoms with E-state index in [-0.39, 0.29) is 0 Å². The SMILES string of the molecule is CCOc1cccc(-c2cc(-c3ccc(-c4ccc(N(c5ccccc5)c5ccccc5)cc4)s3)cc(-c3ccccn3)n2)c1. The monoisotopic (exact) mass is 601 g/mol. The largest absolute Gasteiger partial charge is 0.494 e. The van der Waals surface area contributed by atoms with Crippen LogP contribution in [0.4, 0.5) is 17.1 Å². The molecule has 0 radical (unpaired) electrons. The van der Waals surface area contributed by atoms with E-state index in [0.29, 0.717) is 6.61 Å². The molecule has 0 bridgehead atoms. The molecule has 4 nitrogen and oxygen atoms in total. The molecule has 0 unspecified atom stereocenters. The molecule has 0 aliphatic carbocycles. The summed E-state index contributed by atoms with van der Waals surface area (Å²) in [7, 11) is 0. The Labute approximate surface area is 267 Å². The van der Waals surface area contributed by atoms with Crippen LogP contribution in [0.1, 0.15) is 6.92 Å². The molecule has 3 heterocycles. The molecule has 0 atom stereocenters. The van der Waals surface area contributed by atoms with Crippen molar-refractivity contribution in [3.05, 3.63) is 158 Å². The van der Waals surface area contributed by atoms with Crippen LogP contribution in [0.5, 0.6) is 5.75 Å². The van der Waals surface area contributed by atoms with Gasteiger partial charge in [-0.1, -0.05) is 66.7 Å². The van der Waals surface area contributed by atoms with Crippen molar-refractivity contribution < 1.29 is 4.74 Å². The van der Waals surface area contributed by atoms with Gasteiger partial charge in [0.1, 0.15) is 5.75 Å². The summed E-state index contributed by atoms with van der Waals surface area (Å²) in [5, 5.41) is 0. The topological polar surface area (TPSA) is 38.2 Å². The van der Waals surface area contributed by atoms with Gasteiger partial charge in [-0.05, 0) is 103 Å². The van der Waals surface area contributed by atoms with Crippen molar-refractivity contribution in [1.82, 2.24) is 9.97 Å². The summed E-state index contributed by atoms with van der Waals surface area (Å²) in [6.07, 6.45) is 1.81. The quantitative estimate of drug-likeness (QED) is 0.165. The zero-order valence-electron chi connectivity index (χ0n) is 24.9. The average Bonchev–Trinajstić information content (AvgIpc) is 3.61. The van der Waals surface area contributed by atoms with Gasteiger partial charge in [0.25, 0.3) is 0 Å². The molecule has 0 fully saturated rings. The maximum absolute atomic E-state index is 5.78. The zero-order chi connectivity index (χ0) is 30.4. The Hall–Kier alpha value is -5.52. The number of anilines is 3. The molecule has 0 N–H and O–H groups in total. The van der Waals surface area contributed by atoms with Gasteiger partial charge in [0.15, 0.2) is 0 Å². The first-order valence-corrected chi connectivity index (χ1v) is 15.8. The fourth-order valence-corrected chi connectivity index (χ4v) is 6.40. The first-order valence-electron chi connectivity index (χ1n) is 15.0. The fourth-order valence-electron chi connectivity index (χ4n) is 5.40. The number of nitrogens with zero attached hydrogens (tertiary/aromatic N) is 3. The maximum atomic E-state index is 5.78. The molecule has 218 valence electrons. The lowest BCUT2D eigenvalue weighted by Gasteiger charge is -2.25. The minimum Gasteiger partial charge on any atom is -0.494 e. The highest BCUT2D eigenvalue weighted by molar-refractivity contribution is 7.18. The van der Waals surface area contributed by atoms with Crippen LogP contribution >= 0.6 is 11.3 Å². The maximum Gasteiger partial charge on any atom is 0.119 e. The molecule has 3 aromatic heterocycles. The first kappa shape index (κ1) is 28.3. The second-order valence-corrected chi connectivity index (χ2v) is 11.6. The van der Waals surface area contributed by atoms with Gasteiger partial charge in [-0.2, -0.15) is 0 Å². The molecule has 4 aromatic carbocycles. The van der Waals surface area contributed by atoms with Gasteiger partial charge >= 0.3 is 0 Å². The Morgan fingerprint density at radius 1 is 0.533 bits per heavy atom.